The van der Waals surface area contributed by atoms with Gasteiger partial charge < -0.3 is 10.0 Å². The second kappa shape index (κ2) is 5.30. The summed E-state index contributed by atoms with van der Waals surface area (Å²) in [6, 6.07) is 11.5. The summed E-state index contributed by atoms with van der Waals surface area (Å²) in [4.78, 5) is 14.1. The van der Waals surface area contributed by atoms with Crippen molar-refractivity contribution in [2.45, 2.75) is 19.4 Å². The van der Waals surface area contributed by atoms with Gasteiger partial charge >= 0.3 is 0 Å². The molecule has 1 aliphatic rings. The van der Waals surface area contributed by atoms with Crippen molar-refractivity contribution >= 4 is 11.6 Å². The fourth-order valence-electron chi connectivity index (χ4n) is 2.70. The molecule has 0 spiro atoms. The maximum Gasteiger partial charge on any atom is 0.261 e. The smallest absolute Gasteiger partial charge is 0.261 e. The third-order valence-electron chi connectivity index (χ3n) is 3.81. The quantitative estimate of drug-likeness (QED) is 0.874. The average molecular weight is 285 g/mol. The number of carbonyl (C=O) groups is 1. The van der Waals surface area contributed by atoms with E-state index >= 15 is 0 Å². The lowest BCUT2D eigenvalue weighted by molar-refractivity contribution is 0.0966. The number of hydrogen-bond donors (Lipinski definition) is 1. The lowest BCUT2D eigenvalue weighted by Gasteiger charge is -2.32. The molecule has 2 aromatic rings. The topological polar surface area (TPSA) is 40.5 Å². The number of fused-ring (bicyclic) bond motifs is 1. The van der Waals surface area contributed by atoms with Gasteiger partial charge in [-0.25, -0.2) is 4.39 Å². The molecule has 4 heteroatoms. The van der Waals surface area contributed by atoms with Gasteiger partial charge in [-0.05, 0) is 31.5 Å². The zero-order chi connectivity index (χ0) is 15.0. The van der Waals surface area contributed by atoms with E-state index < -0.39 is 11.9 Å². The second-order valence-corrected chi connectivity index (χ2v) is 5.30. The first-order valence-corrected chi connectivity index (χ1v) is 6.93. The lowest BCUT2D eigenvalue weighted by atomic mass is 9.96. The highest BCUT2D eigenvalue weighted by molar-refractivity contribution is 6.07. The summed E-state index contributed by atoms with van der Waals surface area (Å²) in [5.74, 6) is -0.896. The molecule has 108 valence electrons. The van der Waals surface area contributed by atoms with E-state index in [1.54, 1.807) is 17.0 Å². The van der Waals surface area contributed by atoms with Crippen molar-refractivity contribution in [2.75, 3.05) is 11.4 Å². The Morgan fingerprint density at radius 3 is 2.81 bits per heavy atom. The van der Waals surface area contributed by atoms with Gasteiger partial charge in [0.25, 0.3) is 5.91 Å². The van der Waals surface area contributed by atoms with Crippen molar-refractivity contribution in [3.63, 3.8) is 0 Å². The van der Waals surface area contributed by atoms with Crippen LogP contribution in [0, 0.1) is 12.7 Å². The molecule has 0 bridgehead atoms. The van der Waals surface area contributed by atoms with Crippen LogP contribution in [0.5, 0.6) is 0 Å². The molecule has 1 heterocycles. The fourth-order valence-corrected chi connectivity index (χ4v) is 2.70. The number of aryl methyl sites for hydroxylation is 1. The number of nitrogens with zero attached hydrogens (tertiary/aromatic N) is 1. The summed E-state index contributed by atoms with van der Waals surface area (Å²) in [5.41, 5.74) is 2.46. The van der Waals surface area contributed by atoms with Crippen LogP contribution < -0.4 is 4.90 Å². The van der Waals surface area contributed by atoms with Crippen LogP contribution in [0.3, 0.4) is 0 Å². The van der Waals surface area contributed by atoms with Crippen LogP contribution in [0.15, 0.2) is 42.5 Å². The van der Waals surface area contributed by atoms with E-state index in [1.165, 1.54) is 12.1 Å². The highest BCUT2D eigenvalue weighted by atomic mass is 19.1. The monoisotopic (exact) mass is 285 g/mol. The number of halogens is 1. The van der Waals surface area contributed by atoms with Gasteiger partial charge in [0.2, 0.25) is 0 Å². The minimum Gasteiger partial charge on any atom is -0.388 e. The SMILES string of the molecule is Cc1ccc2c(c1)C(O)CCN2C(=O)c1ccccc1F. The van der Waals surface area contributed by atoms with Crippen LogP contribution in [0.2, 0.25) is 0 Å². The van der Waals surface area contributed by atoms with E-state index in [-0.39, 0.29) is 11.5 Å². The van der Waals surface area contributed by atoms with E-state index in [0.717, 1.165) is 11.1 Å². The van der Waals surface area contributed by atoms with E-state index in [0.29, 0.717) is 18.7 Å². The average Bonchev–Trinajstić information content (AvgIpc) is 2.48. The molecule has 0 radical (unpaired) electrons. The summed E-state index contributed by atoms with van der Waals surface area (Å²) in [7, 11) is 0. The van der Waals surface area contributed by atoms with Crippen LogP contribution >= 0.6 is 0 Å². The molecule has 1 atom stereocenters. The zero-order valence-corrected chi connectivity index (χ0v) is 11.7. The molecule has 0 fully saturated rings. The van der Waals surface area contributed by atoms with E-state index in [2.05, 4.69) is 0 Å². The zero-order valence-electron chi connectivity index (χ0n) is 11.7. The minimum atomic E-state index is -0.579. The van der Waals surface area contributed by atoms with Crippen molar-refractivity contribution in [3.05, 3.63) is 65.0 Å². The molecule has 3 rings (SSSR count). The molecule has 0 aromatic heterocycles. The summed E-state index contributed by atoms with van der Waals surface area (Å²) in [6.07, 6.45) is -0.124. The Kier molecular flexibility index (Phi) is 3.47. The first-order valence-electron chi connectivity index (χ1n) is 6.93. The molecule has 1 aliphatic heterocycles. The van der Waals surface area contributed by atoms with Gasteiger partial charge in [0.1, 0.15) is 5.82 Å². The van der Waals surface area contributed by atoms with E-state index in [1.807, 2.05) is 25.1 Å². The first kappa shape index (κ1) is 13.8. The molecule has 2 aromatic carbocycles. The highest BCUT2D eigenvalue weighted by Gasteiger charge is 2.29. The number of amides is 1. The van der Waals surface area contributed by atoms with Gasteiger partial charge in [-0.2, -0.15) is 0 Å². The van der Waals surface area contributed by atoms with Gasteiger partial charge in [-0.1, -0.05) is 29.8 Å². The number of hydrogen-bond acceptors (Lipinski definition) is 2. The van der Waals surface area contributed by atoms with Gasteiger partial charge in [0.15, 0.2) is 0 Å². The molecular formula is C17H16FNO2. The molecule has 0 aliphatic carbocycles. The number of aliphatic hydroxyl groups is 1. The summed E-state index contributed by atoms with van der Waals surface area (Å²) in [6.45, 7) is 2.31. The Morgan fingerprint density at radius 2 is 2.05 bits per heavy atom. The number of rotatable bonds is 1. The van der Waals surface area contributed by atoms with Crippen molar-refractivity contribution in [3.8, 4) is 0 Å². The maximum absolute atomic E-state index is 13.8. The summed E-state index contributed by atoms with van der Waals surface area (Å²) in [5, 5.41) is 10.1. The molecular weight excluding hydrogens is 269 g/mol. The fraction of sp³-hybridized carbons (Fsp3) is 0.235. The third-order valence-corrected chi connectivity index (χ3v) is 3.81. The Balaban J connectivity index is 2.03. The Bertz CT molecular complexity index is 699. The maximum atomic E-state index is 13.8. The van der Waals surface area contributed by atoms with Gasteiger partial charge in [-0.15, -0.1) is 0 Å². The summed E-state index contributed by atoms with van der Waals surface area (Å²) < 4.78 is 13.8. The van der Waals surface area contributed by atoms with Crippen LogP contribution in [0.25, 0.3) is 0 Å². The standard InChI is InChI=1S/C17H16FNO2/c1-11-6-7-15-13(10-11)16(20)8-9-19(15)17(21)12-4-2-3-5-14(12)18/h2-7,10,16,20H,8-9H2,1H3. The molecule has 0 saturated carbocycles. The Morgan fingerprint density at radius 1 is 1.29 bits per heavy atom. The number of anilines is 1. The molecule has 1 unspecified atom stereocenters. The van der Waals surface area contributed by atoms with Crippen molar-refractivity contribution in [1.29, 1.82) is 0 Å². The van der Waals surface area contributed by atoms with Crippen molar-refractivity contribution < 1.29 is 14.3 Å². The minimum absolute atomic E-state index is 0.0559. The molecule has 21 heavy (non-hydrogen) atoms. The Labute approximate surface area is 122 Å². The highest BCUT2D eigenvalue weighted by Crippen LogP contribution is 2.35. The van der Waals surface area contributed by atoms with Crippen LogP contribution in [0.1, 0.15) is 34.0 Å². The predicted molar refractivity (Wildman–Crippen MR) is 78.8 cm³/mol. The van der Waals surface area contributed by atoms with Crippen molar-refractivity contribution in [2.24, 2.45) is 0 Å². The summed E-state index contributed by atoms with van der Waals surface area (Å²) >= 11 is 0. The second-order valence-electron chi connectivity index (χ2n) is 5.30. The Hall–Kier alpha value is -2.20. The predicted octanol–water partition coefficient (Wildman–Crippen LogP) is 3.22. The van der Waals surface area contributed by atoms with Crippen LogP contribution in [-0.4, -0.2) is 17.6 Å². The number of aliphatic hydroxyl groups excluding tert-OH is 1. The van der Waals surface area contributed by atoms with Gasteiger partial charge in [0, 0.05) is 17.8 Å². The van der Waals surface area contributed by atoms with E-state index in [9.17, 15) is 14.3 Å². The van der Waals surface area contributed by atoms with Gasteiger partial charge in [-0.3, -0.25) is 4.79 Å². The number of carbonyl (C=O) groups excluding carboxylic acids is 1. The first-order chi connectivity index (χ1) is 10.1. The molecule has 1 N–H and O–H groups in total. The largest absolute Gasteiger partial charge is 0.388 e. The molecule has 3 nitrogen and oxygen atoms in total. The molecule has 1 amide bonds. The van der Waals surface area contributed by atoms with Crippen LogP contribution in [0.4, 0.5) is 10.1 Å². The lowest BCUT2D eigenvalue weighted by Crippen LogP contribution is -2.37. The van der Waals surface area contributed by atoms with Gasteiger partial charge in [0.05, 0.1) is 11.7 Å². The van der Waals surface area contributed by atoms with E-state index in [4.69, 9.17) is 0 Å². The molecule has 0 saturated heterocycles. The third kappa shape index (κ3) is 2.43. The van der Waals surface area contributed by atoms with Crippen LogP contribution in [-0.2, 0) is 0 Å². The number of benzene rings is 2. The van der Waals surface area contributed by atoms with Crippen molar-refractivity contribution in [1.82, 2.24) is 0 Å². The normalized spacial score (nSPS) is 17.5.